The van der Waals surface area contributed by atoms with Crippen LogP contribution in [0.25, 0.3) is 33.1 Å². The average molecular weight is 416 g/mol. The fourth-order valence-electron chi connectivity index (χ4n) is 4.17. The van der Waals surface area contributed by atoms with Crippen LogP contribution in [-0.2, 0) is 17.8 Å². The number of pyridine rings is 1. The van der Waals surface area contributed by atoms with Crippen molar-refractivity contribution in [2.24, 2.45) is 0 Å². The van der Waals surface area contributed by atoms with Gasteiger partial charge < -0.3 is 19.0 Å². The molecule has 31 heavy (non-hydrogen) atoms. The van der Waals surface area contributed by atoms with Crippen LogP contribution in [0.2, 0.25) is 0 Å². The highest BCUT2D eigenvalue weighted by Gasteiger charge is 2.22. The summed E-state index contributed by atoms with van der Waals surface area (Å²) in [7, 11) is 1.27. The molecule has 5 rings (SSSR count). The second-order valence-corrected chi connectivity index (χ2v) is 7.47. The number of para-hydroxylation sites is 2. The van der Waals surface area contributed by atoms with E-state index in [1.807, 2.05) is 36.4 Å². The van der Waals surface area contributed by atoms with Gasteiger partial charge in [0.05, 0.1) is 25.3 Å². The predicted octanol–water partition coefficient (Wildman–Crippen LogP) is 2.63. The molecule has 0 aliphatic carbocycles. The summed E-state index contributed by atoms with van der Waals surface area (Å²) >= 11 is 0. The number of hydrogen-bond acceptors (Lipinski definition) is 5. The van der Waals surface area contributed by atoms with Crippen LogP contribution in [0.5, 0.6) is 0 Å². The van der Waals surface area contributed by atoms with E-state index in [1.165, 1.54) is 7.11 Å². The first kappa shape index (κ1) is 19.1. The molecule has 8 heteroatoms. The lowest BCUT2D eigenvalue weighted by Gasteiger charge is -2.17. The van der Waals surface area contributed by atoms with Crippen molar-refractivity contribution in [1.29, 1.82) is 0 Å². The van der Waals surface area contributed by atoms with Gasteiger partial charge in [0.1, 0.15) is 11.3 Å². The number of benzene rings is 2. The fourth-order valence-corrected chi connectivity index (χ4v) is 4.17. The number of nitrogens with one attached hydrogen (secondary N) is 1. The Balaban J connectivity index is 1.52. The molecule has 0 fully saturated rings. The van der Waals surface area contributed by atoms with Gasteiger partial charge in [0.25, 0.3) is 5.56 Å². The number of aromatic nitrogens is 4. The summed E-state index contributed by atoms with van der Waals surface area (Å²) in [5, 5.41) is 19.4. The number of aliphatic hydroxyl groups is 1. The number of esters is 1. The topological polar surface area (TPSA) is 102 Å². The minimum atomic E-state index is -0.769. The van der Waals surface area contributed by atoms with Gasteiger partial charge in [0.2, 0.25) is 0 Å². The molecule has 1 unspecified atom stereocenters. The molecule has 0 saturated carbocycles. The summed E-state index contributed by atoms with van der Waals surface area (Å²) < 4.78 is 8.54. The number of carbonyl (C=O) groups is 1. The lowest BCUT2D eigenvalue weighted by molar-refractivity contribution is 0.0599. The highest BCUT2D eigenvalue weighted by molar-refractivity contribution is 6.07. The molecule has 0 amide bonds. The highest BCUT2D eigenvalue weighted by atomic mass is 16.5. The molecule has 0 radical (unpaired) electrons. The molecule has 156 valence electrons. The van der Waals surface area contributed by atoms with Crippen molar-refractivity contribution in [3.63, 3.8) is 0 Å². The monoisotopic (exact) mass is 416 g/mol. The number of methoxy groups -OCH3 is 1. The number of carbonyl (C=O) groups excluding carboxylic acids is 1. The summed E-state index contributed by atoms with van der Waals surface area (Å²) in [6, 6.07) is 16.2. The minimum Gasteiger partial charge on any atom is -0.465 e. The van der Waals surface area contributed by atoms with Crippen molar-refractivity contribution >= 4 is 27.8 Å². The Kier molecular flexibility index (Phi) is 4.56. The van der Waals surface area contributed by atoms with Gasteiger partial charge in [-0.05, 0) is 12.1 Å². The maximum absolute atomic E-state index is 12.2. The molecule has 0 bridgehead atoms. The number of hydrogen-bond donors (Lipinski definition) is 2. The standard InChI is InChI=1S/C23H20N4O4/c1-31-23(30)18-13-26(12-17-21(18)24-25-22(17)29)10-14(28)11-27-19-8-4-2-6-15(19)16-7-3-5-9-20(16)27/h2-9,12-14,28H,10-11H2,1H3,(H,25,29). The molecular weight excluding hydrogens is 396 g/mol. The molecule has 0 spiro atoms. The van der Waals surface area contributed by atoms with Crippen molar-refractivity contribution in [1.82, 2.24) is 19.3 Å². The summed E-state index contributed by atoms with van der Waals surface area (Å²) in [5.74, 6) is -0.595. The molecule has 2 aromatic carbocycles. The van der Waals surface area contributed by atoms with E-state index >= 15 is 0 Å². The smallest absolute Gasteiger partial charge is 0.341 e. The summed E-state index contributed by atoms with van der Waals surface area (Å²) in [6.07, 6.45) is 2.36. The zero-order chi connectivity index (χ0) is 21.5. The van der Waals surface area contributed by atoms with Gasteiger partial charge in [-0.25, -0.2) is 9.89 Å². The number of H-pyrrole nitrogens is 1. The molecular formula is C23H20N4O4. The van der Waals surface area contributed by atoms with Crippen molar-refractivity contribution < 1.29 is 14.6 Å². The molecule has 1 atom stereocenters. The summed E-state index contributed by atoms with van der Waals surface area (Å²) in [6.45, 7) is 0.535. The molecule has 2 N–H and O–H groups in total. The molecule has 1 aromatic heterocycles. The van der Waals surface area contributed by atoms with Gasteiger partial charge in [-0.2, -0.15) is 5.10 Å². The van der Waals surface area contributed by atoms with E-state index in [9.17, 15) is 14.7 Å². The number of nitrogens with zero attached hydrogens (tertiary/aromatic N) is 3. The van der Waals surface area contributed by atoms with Crippen LogP contribution in [0.3, 0.4) is 0 Å². The maximum Gasteiger partial charge on any atom is 0.341 e. The number of aliphatic hydroxyl groups excluding tert-OH is 1. The van der Waals surface area contributed by atoms with Crippen molar-refractivity contribution in [3.8, 4) is 11.3 Å². The Morgan fingerprint density at radius 2 is 1.71 bits per heavy atom. The van der Waals surface area contributed by atoms with E-state index in [4.69, 9.17) is 4.74 Å². The highest BCUT2D eigenvalue weighted by Crippen LogP contribution is 2.29. The van der Waals surface area contributed by atoms with Crippen LogP contribution in [0.15, 0.2) is 65.7 Å². The largest absolute Gasteiger partial charge is 0.465 e. The second kappa shape index (κ2) is 7.41. The van der Waals surface area contributed by atoms with Crippen molar-refractivity contribution in [2.75, 3.05) is 7.11 Å². The number of rotatable bonds is 5. The van der Waals surface area contributed by atoms with Gasteiger partial charge in [-0.3, -0.25) is 4.79 Å². The number of fused-ring (bicyclic) bond motifs is 4. The van der Waals surface area contributed by atoms with Crippen LogP contribution in [0.4, 0.5) is 0 Å². The Morgan fingerprint density at radius 3 is 2.35 bits per heavy atom. The summed E-state index contributed by atoms with van der Waals surface area (Å²) in [4.78, 5) is 24.2. The normalized spacial score (nSPS) is 12.6. The van der Waals surface area contributed by atoms with E-state index in [0.29, 0.717) is 6.54 Å². The Labute approximate surface area is 176 Å². The number of ether oxygens (including phenoxy) is 1. The quantitative estimate of drug-likeness (QED) is 0.429. The third-order valence-corrected chi connectivity index (χ3v) is 5.51. The zero-order valence-electron chi connectivity index (χ0n) is 16.8. The molecule has 3 aromatic rings. The van der Waals surface area contributed by atoms with Crippen molar-refractivity contribution in [2.45, 2.75) is 19.2 Å². The molecule has 0 saturated heterocycles. The molecule has 3 heterocycles. The summed E-state index contributed by atoms with van der Waals surface area (Å²) in [5.41, 5.74) is 2.37. The van der Waals surface area contributed by atoms with Gasteiger partial charge >= 0.3 is 5.97 Å². The first-order valence-corrected chi connectivity index (χ1v) is 9.87. The van der Waals surface area contributed by atoms with Crippen LogP contribution in [0.1, 0.15) is 10.4 Å². The molecule has 2 aliphatic heterocycles. The first-order valence-electron chi connectivity index (χ1n) is 9.87. The Bertz CT molecular complexity index is 1390. The third-order valence-electron chi connectivity index (χ3n) is 5.51. The maximum atomic E-state index is 12.2. The van der Waals surface area contributed by atoms with Crippen LogP contribution in [0, 0.1) is 0 Å². The Morgan fingerprint density at radius 1 is 1.06 bits per heavy atom. The van der Waals surface area contributed by atoms with Gasteiger partial charge in [-0.15, -0.1) is 0 Å². The van der Waals surface area contributed by atoms with Gasteiger partial charge in [0.15, 0.2) is 0 Å². The van der Waals surface area contributed by atoms with E-state index in [-0.39, 0.29) is 23.4 Å². The zero-order valence-corrected chi connectivity index (χ0v) is 16.8. The predicted molar refractivity (Wildman–Crippen MR) is 116 cm³/mol. The molecule has 8 nitrogen and oxygen atoms in total. The van der Waals surface area contributed by atoms with Gasteiger partial charge in [0, 0.05) is 40.7 Å². The van der Waals surface area contributed by atoms with E-state index < -0.39 is 17.6 Å². The molecule has 2 aliphatic rings. The lowest BCUT2D eigenvalue weighted by atomic mass is 10.1. The number of aromatic amines is 1. The lowest BCUT2D eigenvalue weighted by Crippen LogP contribution is -2.23. The van der Waals surface area contributed by atoms with E-state index in [1.54, 1.807) is 17.0 Å². The van der Waals surface area contributed by atoms with Crippen LogP contribution < -0.4 is 5.56 Å². The third kappa shape index (κ3) is 3.17. The Hall–Kier alpha value is -3.91. The SMILES string of the molecule is COC(=O)c1cn(CC(O)Cn2c3ccccc3c3ccccc32)cc2c(=O)[nH]nc1-2. The average Bonchev–Trinajstić information content (AvgIpc) is 3.31. The van der Waals surface area contributed by atoms with E-state index in [2.05, 4.69) is 26.9 Å². The minimum absolute atomic E-state index is 0.169. The second-order valence-electron chi connectivity index (χ2n) is 7.47. The first-order chi connectivity index (χ1) is 15.1. The van der Waals surface area contributed by atoms with Gasteiger partial charge in [-0.1, -0.05) is 36.4 Å². The fraction of sp³-hybridized carbons (Fsp3) is 0.174. The van der Waals surface area contributed by atoms with Crippen LogP contribution >= 0.6 is 0 Å². The van der Waals surface area contributed by atoms with Crippen LogP contribution in [-0.4, -0.2) is 43.6 Å². The van der Waals surface area contributed by atoms with Crippen molar-refractivity contribution in [3.05, 3.63) is 76.8 Å². The van der Waals surface area contributed by atoms with E-state index in [0.717, 1.165) is 21.8 Å².